The molecule has 1 atom stereocenters. The first kappa shape index (κ1) is 18.2. The number of aliphatic imine (C=N–C) groups is 1. The van der Waals surface area contributed by atoms with Crippen LogP contribution in [0.3, 0.4) is 0 Å². The van der Waals surface area contributed by atoms with Crippen molar-refractivity contribution >= 4 is 12.1 Å². The average Bonchev–Trinajstić information content (AvgIpc) is 2.75. The van der Waals surface area contributed by atoms with Crippen molar-refractivity contribution in [2.24, 2.45) is 10.9 Å². The summed E-state index contributed by atoms with van der Waals surface area (Å²) in [6.45, 7) is 15.0. The summed E-state index contributed by atoms with van der Waals surface area (Å²) in [6, 6.07) is -0.387. The fourth-order valence-electron chi connectivity index (χ4n) is 1.88. The second-order valence-electron chi connectivity index (χ2n) is 6.37. The summed E-state index contributed by atoms with van der Waals surface area (Å²) in [6.07, 6.45) is 3.48. The van der Waals surface area contributed by atoms with Crippen molar-refractivity contribution in [1.82, 2.24) is 10.6 Å². The molecule has 0 aromatic rings. The largest absolute Gasteiger partial charge is 0.388 e. The molecule has 0 fully saturated rings. The minimum absolute atomic E-state index is 0.279. The first-order valence-electron chi connectivity index (χ1n) is 7.52. The number of rotatable bonds is 6. The Morgan fingerprint density at radius 2 is 2.00 bits per heavy atom. The lowest BCUT2D eigenvalue weighted by Gasteiger charge is -2.27. The molecular formula is C17H27N3O2. The highest BCUT2D eigenvalue weighted by atomic mass is 16.3. The smallest absolute Gasteiger partial charge is 0.255 e. The summed E-state index contributed by atoms with van der Waals surface area (Å²) in [5.41, 5.74) is 1.58. The van der Waals surface area contributed by atoms with Crippen LogP contribution in [0.4, 0.5) is 0 Å². The van der Waals surface area contributed by atoms with Crippen molar-refractivity contribution < 1.29 is 9.90 Å². The molecule has 122 valence electrons. The minimum atomic E-state index is -0.997. The van der Waals surface area contributed by atoms with Crippen molar-refractivity contribution in [3.63, 3.8) is 0 Å². The van der Waals surface area contributed by atoms with Gasteiger partial charge >= 0.3 is 0 Å². The fraction of sp³-hybridized carbons (Fsp3) is 0.529. The van der Waals surface area contributed by atoms with Crippen molar-refractivity contribution in [3.05, 3.63) is 35.3 Å². The maximum absolute atomic E-state index is 12.4. The van der Waals surface area contributed by atoms with Crippen LogP contribution in [-0.4, -0.2) is 28.9 Å². The van der Waals surface area contributed by atoms with Gasteiger partial charge < -0.3 is 15.7 Å². The van der Waals surface area contributed by atoms with Gasteiger partial charge in [0.1, 0.15) is 0 Å². The molecule has 1 aliphatic heterocycles. The third-order valence-electron chi connectivity index (χ3n) is 3.76. The highest BCUT2D eigenvalue weighted by Gasteiger charge is 2.28. The number of hydrogen-bond donors (Lipinski definition) is 3. The maximum Gasteiger partial charge on any atom is 0.255 e. The van der Waals surface area contributed by atoms with Crippen molar-refractivity contribution in [2.75, 3.05) is 0 Å². The number of aliphatic hydroxyl groups is 1. The number of nitrogens with one attached hydrogen (secondary N) is 2. The van der Waals surface area contributed by atoms with Crippen LogP contribution in [0.15, 0.2) is 40.3 Å². The van der Waals surface area contributed by atoms with Gasteiger partial charge in [0.25, 0.3) is 5.91 Å². The summed E-state index contributed by atoms with van der Waals surface area (Å²) in [7, 11) is 0. The summed E-state index contributed by atoms with van der Waals surface area (Å²) in [5.74, 6) is 0.0178. The van der Waals surface area contributed by atoms with Crippen molar-refractivity contribution in [3.8, 4) is 0 Å². The van der Waals surface area contributed by atoms with Gasteiger partial charge in [-0.1, -0.05) is 26.5 Å². The molecule has 0 bridgehead atoms. The SMILES string of the molecule is C=C1N=CC(C(=O)N[C@@H](C)C(C)(C)O)=C1N/C(=C\C)C(C)C. The number of carbonyl (C=O) groups excluding carboxylic acids is 1. The van der Waals surface area contributed by atoms with Gasteiger partial charge in [0.2, 0.25) is 0 Å². The molecule has 22 heavy (non-hydrogen) atoms. The second kappa shape index (κ2) is 6.92. The normalized spacial score (nSPS) is 17.3. The van der Waals surface area contributed by atoms with Crippen LogP contribution in [0, 0.1) is 5.92 Å². The third-order valence-corrected chi connectivity index (χ3v) is 3.76. The Balaban J connectivity index is 3.00. The maximum atomic E-state index is 12.4. The van der Waals surface area contributed by atoms with Crippen LogP contribution in [-0.2, 0) is 4.79 Å². The topological polar surface area (TPSA) is 73.7 Å². The Hall–Kier alpha value is -1.88. The first-order valence-corrected chi connectivity index (χ1v) is 7.52. The number of amides is 1. The molecule has 1 rings (SSSR count). The van der Waals surface area contributed by atoms with E-state index in [-0.39, 0.29) is 11.9 Å². The molecule has 1 aliphatic rings. The monoisotopic (exact) mass is 305 g/mol. The fourth-order valence-corrected chi connectivity index (χ4v) is 1.88. The quantitative estimate of drug-likeness (QED) is 0.705. The van der Waals surface area contributed by atoms with Crippen LogP contribution in [0.2, 0.25) is 0 Å². The van der Waals surface area contributed by atoms with Crippen molar-refractivity contribution in [2.45, 2.75) is 53.2 Å². The van der Waals surface area contributed by atoms with E-state index in [2.05, 4.69) is 36.1 Å². The number of allylic oxidation sites excluding steroid dienone is 2. The molecule has 0 unspecified atom stereocenters. The lowest BCUT2D eigenvalue weighted by atomic mass is 10.0. The molecule has 5 nitrogen and oxygen atoms in total. The van der Waals surface area contributed by atoms with Gasteiger partial charge in [0, 0.05) is 11.9 Å². The van der Waals surface area contributed by atoms with E-state index in [4.69, 9.17) is 0 Å². The van der Waals surface area contributed by atoms with Crippen LogP contribution >= 0.6 is 0 Å². The highest BCUT2D eigenvalue weighted by molar-refractivity contribution is 6.15. The van der Waals surface area contributed by atoms with Crippen LogP contribution in [0.5, 0.6) is 0 Å². The number of carbonyl (C=O) groups is 1. The molecule has 0 aromatic heterocycles. The van der Waals surface area contributed by atoms with Gasteiger partial charge in [0.05, 0.1) is 28.6 Å². The predicted molar refractivity (Wildman–Crippen MR) is 90.3 cm³/mol. The van der Waals surface area contributed by atoms with Crippen LogP contribution in [0.1, 0.15) is 41.5 Å². The van der Waals surface area contributed by atoms with E-state index in [1.165, 1.54) is 6.21 Å². The molecule has 1 amide bonds. The van der Waals surface area contributed by atoms with Crippen molar-refractivity contribution in [1.29, 1.82) is 0 Å². The molecule has 5 heteroatoms. The van der Waals surface area contributed by atoms with Gasteiger partial charge in [0.15, 0.2) is 0 Å². The van der Waals surface area contributed by atoms with E-state index in [1.807, 2.05) is 13.0 Å². The van der Waals surface area contributed by atoms with Gasteiger partial charge in [-0.25, -0.2) is 0 Å². The molecule has 0 aliphatic carbocycles. The van der Waals surface area contributed by atoms with Crippen LogP contribution in [0.25, 0.3) is 0 Å². The third kappa shape index (κ3) is 4.31. The van der Waals surface area contributed by atoms with Gasteiger partial charge in [-0.2, -0.15) is 0 Å². The summed E-state index contributed by atoms with van der Waals surface area (Å²) in [5, 5.41) is 16.0. The zero-order chi connectivity index (χ0) is 17.1. The molecule has 0 saturated carbocycles. The van der Waals surface area contributed by atoms with E-state index >= 15 is 0 Å². The Bertz CT molecular complexity index is 549. The molecule has 0 spiro atoms. The lowest BCUT2D eigenvalue weighted by Crippen LogP contribution is -2.47. The van der Waals surface area contributed by atoms with E-state index < -0.39 is 5.60 Å². The highest BCUT2D eigenvalue weighted by Crippen LogP contribution is 2.21. The van der Waals surface area contributed by atoms with Gasteiger partial charge in [-0.05, 0) is 33.6 Å². The number of nitrogens with zero attached hydrogens (tertiary/aromatic N) is 1. The van der Waals surface area contributed by atoms with Gasteiger partial charge in [-0.3, -0.25) is 9.79 Å². The summed E-state index contributed by atoms with van der Waals surface area (Å²) < 4.78 is 0. The average molecular weight is 305 g/mol. The van der Waals surface area contributed by atoms with Crippen LogP contribution < -0.4 is 10.6 Å². The van der Waals surface area contributed by atoms with E-state index in [0.717, 1.165) is 5.70 Å². The Morgan fingerprint density at radius 1 is 1.41 bits per heavy atom. The first-order chi connectivity index (χ1) is 10.1. The molecule has 0 radical (unpaired) electrons. The zero-order valence-corrected chi connectivity index (χ0v) is 14.3. The number of hydrogen-bond acceptors (Lipinski definition) is 4. The minimum Gasteiger partial charge on any atom is -0.388 e. The second-order valence-corrected chi connectivity index (χ2v) is 6.37. The standard InChI is InChI=1S/C17H27N3O2/c1-8-14(10(2)3)20-15-11(4)18-9-13(15)16(21)19-12(5)17(6,7)22/h8-10,12,20,22H,4H2,1-3,5-7H3,(H,19,21)/b14-8-/t12-/m0/s1. The molecule has 0 saturated heterocycles. The van der Waals surface area contributed by atoms with E-state index in [1.54, 1.807) is 20.8 Å². The van der Waals surface area contributed by atoms with Gasteiger partial charge in [-0.15, -0.1) is 0 Å². The molecule has 1 heterocycles. The predicted octanol–water partition coefficient (Wildman–Crippen LogP) is 2.26. The zero-order valence-electron chi connectivity index (χ0n) is 14.3. The molecular weight excluding hydrogens is 278 g/mol. The Morgan fingerprint density at radius 3 is 2.45 bits per heavy atom. The Labute approximate surface area is 132 Å². The summed E-state index contributed by atoms with van der Waals surface area (Å²) in [4.78, 5) is 16.6. The van der Waals surface area contributed by atoms with E-state index in [0.29, 0.717) is 22.9 Å². The molecule has 3 N–H and O–H groups in total. The molecule has 0 aromatic carbocycles. The van der Waals surface area contributed by atoms with E-state index in [9.17, 15) is 9.90 Å². The summed E-state index contributed by atoms with van der Waals surface area (Å²) >= 11 is 0. The lowest BCUT2D eigenvalue weighted by molar-refractivity contribution is -0.119. The Kier molecular flexibility index (Phi) is 5.72.